The number of rotatable bonds is 0. The van der Waals surface area contributed by atoms with Gasteiger partial charge < -0.3 is 0 Å². The summed E-state index contributed by atoms with van der Waals surface area (Å²) in [4.78, 5) is 11.9. The van der Waals surface area contributed by atoms with Crippen LogP contribution in [0.5, 0.6) is 0 Å². The number of ketones is 1. The molecule has 1 heteroatoms. The summed E-state index contributed by atoms with van der Waals surface area (Å²) >= 11 is 0. The van der Waals surface area contributed by atoms with E-state index in [1.807, 2.05) is 12.2 Å². The zero-order chi connectivity index (χ0) is 10.3. The van der Waals surface area contributed by atoms with Gasteiger partial charge in [-0.1, -0.05) is 29.7 Å². The molecule has 0 aliphatic heterocycles. The van der Waals surface area contributed by atoms with Crippen molar-refractivity contribution >= 4 is 5.78 Å². The molecule has 1 unspecified atom stereocenters. The minimum Gasteiger partial charge on any atom is -0.289 e. The monoisotopic (exact) mass is 200 g/mol. The van der Waals surface area contributed by atoms with Gasteiger partial charge in [-0.15, -0.1) is 0 Å². The van der Waals surface area contributed by atoms with Crippen molar-refractivity contribution in [3.05, 3.63) is 34.9 Å². The molecule has 0 aromatic rings. The van der Waals surface area contributed by atoms with Crippen LogP contribution in [0.3, 0.4) is 0 Å². The number of hydrogen-bond acceptors (Lipinski definition) is 1. The van der Waals surface area contributed by atoms with Crippen LogP contribution in [-0.2, 0) is 4.79 Å². The molecule has 3 aliphatic rings. The first kappa shape index (κ1) is 9.14. The molecule has 0 radical (unpaired) electrons. The van der Waals surface area contributed by atoms with Gasteiger partial charge >= 0.3 is 0 Å². The first-order valence-corrected chi connectivity index (χ1v) is 6.00. The summed E-state index contributed by atoms with van der Waals surface area (Å²) in [5, 5.41) is 0. The third-order valence-corrected chi connectivity index (χ3v) is 3.87. The molecular formula is C14H16O. The fourth-order valence-electron chi connectivity index (χ4n) is 3.14. The molecule has 1 saturated carbocycles. The minimum atomic E-state index is 0.258. The van der Waals surface area contributed by atoms with Crippen LogP contribution in [0.4, 0.5) is 0 Å². The fourth-order valence-corrected chi connectivity index (χ4v) is 3.14. The molecule has 0 aromatic heterocycles. The maximum absolute atomic E-state index is 11.9. The minimum absolute atomic E-state index is 0.258. The molecule has 1 nitrogen and oxygen atoms in total. The summed E-state index contributed by atoms with van der Waals surface area (Å²) in [5.74, 6) is 0.880. The van der Waals surface area contributed by atoms with Gasteiger partial charge in [-0.25, -0.2) is 0 Å². The Morgan fingerprint density at radius 2 is 2.13 bits per heavy atom. The topological polar surface area (TPSA) is 17.1 Å². The lowest BCUT2D eigenvalue weighted by atomic mass is 9.71. The van der Waals surface area contributed by atoms with E-state index in [4.69, 9.17) is 0 Å². The highest BCUT2D eigenvalue weighted by molar-refractivity contribution is 6.08. The molecule has 0 spiro atoms. The predicted octanol–water partition coefficient (Wildman–Crippen LogP) is 3.33. The molecular weight excluding hydrogens is 184 g/mol. The van der Waals surface area contributed by atoms with E-state index in [-0.39, 0.29) is 5.78 Å². The molecule has 78 valence electrons. The van der Waals surface area contributed by atoms with E-state index in [2.05, 4.69) is 6.08 Å². The molecule has 15 heavy (non-hydrogen) atoms. The number of carbonyl (C=O) groups is 1. The van der Waals surface area contributed by atoms with E-state index in [1.54, 1.807) is 0 Å². The van der Waals surface area contributed by atoms with Gasteiger partial charge in [0.05, 0.1) is 0 Å². The third-order valence-electron chi connectivity index (χ3n) is 3.87. The van der Waals surface area contributed by atoms with E-state index >= 15 is 0 Å². The molecule has 0 saturated heterocycles. The second-order valence-electron chi connectivity index (χ2n) is 4.76. The van der Waals surface area contributed by atoms with E-state index in [9.17, 15) is 4.79 Å². The molecule has 0 bridgehead atoms. The first-order valence-electron chi connectivity index (χ1n) is 6.00. The average molecular weight is 200 g/mol. The zero-order valence-corrected chi connectivity index (χ0v) is 8.96. The van der Waals surface area contributed by atoms with Gasteiger partial charge in [0.15, 0.2) is 5.78 Å². The van der Waals surface area contributed by atoms with Gasteiger partial charge in [0.1, 0.15) is 0 Å². The SMILES string of the molecule is O=C1C=C2CCCCC2C2=C1C=CCC2. The average Bonchev–Trinajstić information content (AvgIpc) is 2.30. The summed E-state index contributed by atoms with van der Waals surface area (Å²) in [5.41, 5.74) is 3.87. The van der Waals surface area contributed by atoms with Crippen LogP contribution in [0.25, 0.3) is 0 Å². The highest BCUT2D eigenvalue weighted by Gasteiger charge is 2.30. The lowest BCUT2D eigenvalue weighted by molar-refractivity contribution is -0.111. The Morgan fingerprint density at radius 3 is 3.07 bits per heavy atom. The van der Waals surface area contributed by atoms with Gasteiger partial charge in [0.25, 0.3) is 0 Å². The second kappa shape index (κ2) is 3.48. The van der Waals surface area contributed by atoms with Gasteiger partial charge in [0.2, 0.25) is 0 Å². The number of carbonyl (C=O) groups excluding carboxylic acids is 1. The fraction of sp³-hybridized carbons (Fsp3) is 0.500. The van der Waals surface area contributed by atoms with Crippen molar-refractivity contribution in [3.63, 3.8) is 0 Å². The van der Waals surface area contributed by atoms with Crippen LogP contribution in [0.1, 0.15) is 38.5 Å². The van der Waals surface area contributed by atoms with Crippen molar-refractivity contribution in [2.24, 2.45) is 5.92 Å². The van der Waals surface area contributed by atoms with Crippen LogP contribution in [-0.4, -0.2) is 5.78 Å². The quantitative estimate of drug-likeness (QED) is 0.586. The third kappa shape index (κ3) is 1.41. The Kier molecular flexibility index (Phi) is 2.12. The van der Waals surface area contributed by atoms with E-state index < -0.39 is 0 Å². The molecule has 0 heterocycles. The van der Waals surface area contributed by atoms with Crippen molar-refractivity contribution in [1.82, 2.24) is 0 Å². The zero-order valence-electron chi connectivity index (χ0n) is 8.96. The van der Waals surface area contributed by atoms with Crippen LogP contribution in [0.2, 0.25) is 0 Å². The number of allylic oxidation sites excluding steroid dienone is 6. The van der Waals surface area contributed by atoms with Crippen LogP contribution < -0.4 is 0 Å². The van der Waals surface area contributed by atoms with Gasteiger partial charge in [0, 0.05) is 11.5 Å². The van der Waals surface area contributed by atoms with Gasteiger partial charge in [-0.3, -0.25) is 4.79 Å². The Balaban J connectivity index is 2.04. The van der Waals surface area contributed by atoms with Crippen molar-refractivity contribution in [2.75, 3.05) is 0 Å². The molecule has 3 aliphatic carbocycles. The van der Waals surface area contributed by atoms with E-state index in [0.29, 0.717) is 5.92 Å². The maximum atomic E-state index is 11.9. The summed E-state index contributed by atoms with van der Waals surface area (Å²) in [6.07, 6.45) is 13.3. The molecule has 0 aromatic carbocycles. The molecule has 1 atom stereocenters. The highest BCUT2D eigenvalue weighted by atomic mass is 16.1. The normalized spacial score (nSPS) is 29.7. The van der Waals surface area contributed by atoms with Gasteiger partial charge in [-0.05, 0) is 38.2 Å². The lowest BCUT2D eigenvalue weighted by Gasteiger charge is -2.33. The van der Waals surface area contributed by atoms with Crippen LogP contribution >= 0.6 is 0 Å². The van der Waals surface area contributed by atoms with Gasteiger partial charge in [-0.2, -0.15) is 0 Å². The Hall–Kier alpha value is -1.11. The standard InChI is InChI=1S/C14H16O/c15-14-9-10-5-1-2-6-11(10)12-7-3-4-8-13(12)14/h4,8-9,11H,1-3,5-7H2. The number of hydrogen-bond donors (Lipinski definition) is 0. The summed E-state index contributed by atoms with van der Waals surface area (Å²) in [6, 6.07) is 0. The van der Waals surface area contributed by atoms with Crippen molar-refractivity contribution in [3.8, 4) is 0 Å². The Bertz CT molecular complexity index is 396. The Labute approximate surface area is 90.6 Å². The molecule has 0 N–H and O–H groups in total. The molecule has 0 amide bonds. The summed E-state index contributed by atoms with van der Waals surface area (Å²) < 4.78 is 0. The van der Waals surface area contributed by atoms with Crippen molar-refractivity contribution < 1.29 is 4.79 Å². The first-order chi connectivity index (χ1) is 7.36. The maximum Gasteiger partial charge on any atom is 0.185 e. The Morgan fingerprint density at radius 1 is 1.20 bits per heavy atom. The smallest absolute Gasteiger partial charge is 0.185 e. The van der Waals surface area contributed by atoms with Crippen molar-refractivity contribution in [1.29, 1.82) is 0 Å². The second-order valence-corrected chi connectivity index (χ2v) is 4.76. The molecule has 1 fully saturated rings. The van der Waals surface area contributed by atoms with Crippen molar-refractivity contribution in [2.45, 2.75) is 38.5 Å². The molecule has 3 rings (SSSR count). The summed E-state index contributed by atoms with van der Waals surface area (Å²) in [6.45, 7) is 0. The van der Waals surface area contributed by atoms with E-state index in [0.717, 1.165) is 24.8 Å². The lowest BCUT2D eigenvalue weighted by Crippen LogP contribution is -2.22. The highest BCUT2D eigenvalue weighted by Crippen LogP contribution is 2.42. The predicted molar refractivity (Wildman–Crippen MR) is 60.4 cm³/mol. The van der Waals surface area contributed by atoms with Crippen LogP contribution in [0.15, 0.2) is 34.9 Å². The van der Waals surface area contributed by atoms with Crippen LogP contribution in [0, 0.1) is 5.92 Å². The van der Waals surface area contributed by atoms with E-state index in [1.165, 1.54) is 30.4 Å². The summed E-state index contributed by atoms with van der Waals surface area (Å²) in [7, 11) is 0. The largest absolute Gasteiger partial charge is 0.289 e. The number of fused-ring (bicyclic) bond motifs is 2.